The summed E-state index contributed by atoms with van der Waals surface area (Å²) in [5.74, 6) is 0. The van der Waals surface area contributed by atoms with Gasteiger partial charge in [-0.2, -0.15) is 0 Å². The number of nitro groups is 1. The van der Waals surface area contributed by atoms with E-state index in [1.54, 1.807) is 0 Å². The molecule has 1 aliphatic rings. The molecule has 0 saturated carbocycles. The molecule has 0 radical (unpaired) electrons. The average Bonchev–Trinajstić information content (AvgIpc) is 1.85. The first-order chi connectivity index (χ1) is 5.11. The topological polar surface area (TPSA) is 107 Å². The fourth-order valence-corrected chi connectivity index (χ4v) is 1.21. The molecule has 0 aliphatic carbocycles. The van der Waals surface area contributed by atoms with E-state index in [-0.39, 0.29) is 11.1 Å². The van der Waals surface area contributed by atoms with Crippen LogP contribution in [-0.2, 0) is 0 Å². The van der Waals surface area contributed by atoms with Gasteiger partial charge >= 0.3 is 0 Å². The summed E-state index contributed by atoms with van der Waals surface area (Å²) in [6.07, 6.45) is 0.275. The third-order valence-corrected chi connectivity index (χ3v) is 1.87. The summed E-state index contributed by atoms with van der Waals surface area (Å²) in [6.45, 7) is 0. The van der Waals surface area contributed by atoms with E-state index in [0.29, 0.717) is 12.8 Å². The minimum absolute atomic E-state index is 0.193. The second-order valence-corrected chi connectivity index (χ2v) is 2.73. The molecule has 64 valence electrons. The van der Waals surface area contributed by atoms with Crippen molar-refractivity contribution in [2.45, 2.75) is 31.2 Å². The van der Waals surface area contributed by atoms with E-state index < -0.39 is 12.2 Å². The first kappa shape index (κ1) is 8.38. The maximum absolute atomic E-state index is 10.3. The van der Waals surface area contributed by atoms with Crippen molar-refractivity contribution in [3.8, 4) is 0 Å². The molecule has 0 amide bonds. The summed E-state index contributed by atoms with van der Waals surface area (Å²) in [7, 11) is 0. The molecule has 5 N–H and O–H groups in total. The van der Waals surface area contributed by atoms with Gasteiger partial charge in [0.05, 0.1) is 6.17 Å². The molecule has 1 aliphatic heterocycles. The average molecular weight is 160 g/mol. The second kappa shape index (κ2) is 3.12. The van der Waals surface area contributed by atoms with Crippen LogP contribution < -0.4 is 16.8 Å². The van der Waals surface area contributed by atoms with E-state index in [0.717, 1.165) is 0 Å². The van der Waals surface area contributed by atoms with Crippen molar-refractivity contribution >= 4 is 0 Å². The van der Waals surface area contributed by atoms with Gasteiger partial charge in [-0.05, 0) is 6.42 Å². The highest BCUT2D eigenvalue weighted by Gasteiger charge is 2.33. The van der Waals surface area contributed by atoms with Crippen LogP contribution >= 0.6 is 0 Å². The van der Waals surface area contributed by atoms with Crippen molar-refractivity contribution in [2.75, 3.05) is 0 Å². The maximum atomic E-state index is 10.3. The third-order valence-electron chi connectivity index (χ3n) is 1.87. The molecule has 1 rings (SSSR count). The molecule has 0 spiro atoms. The van der Waals surface area contributed by atoms with Crippen LogP contribution in [0.15, 0.2) is 0 Å². The zero-order valence-electron chi connectivity index (χ0n) is 6.06. The SMILES string of the molecule is NC1CCC([N+](=O)[O-])C(N)N1. The van der Waals surface area contributed by atoms with Crippen LogP contribution in [0.1, 0.15) is 12.8 Å². The van der Waals surface area contributed by atoms with Crippen LogP contribution in [0.3, 0.4) is 0 Å². The molecule has 0 aromatic rings. The number of nitrogens with zero attached hydrogens (tertiary/aromatic N) is 1. The molecule has 1 fully saturated rings. The van der Waals surface area contributed by atoms with Crippen LogP contribution in [0.4, 0.5) is 0 Å². The van der Waals surface area contributed by atoms with Crippen molar-refractivity contribution in [3.63, 3.8) is 0 Å². The fraction of sp³-hybridized carbons (Fsp3) is 1.00. The van der Waals surface area contributed by atoms with Crippen LogP contribution in [0, 0.1) is 10.1 Å². The van der Waals surface area contributed by atoms with E-state index in [9.17, 15) is 10.1 Å². The Morgan fingerprint density at radius 2 is 2.09 bits per heavy atom. The molecule has 1 heterocycles. The molecule has 3 unspecified atom stereocenters. The number of hydrogen-bond acceptors (Lipinski definition) is 5. The van der Waals surface area contributed by atoms with Gasteiger partial charge in [-0.1, -0.05) is 0 Å². The third kappa shape index (κ3) is 1.86. The Morgan fingerprint density at radius 3 is 2.55 bits per heavy atom. The van der Waals surface area contributed by atoms with E-state index in [4.69, 9.17) is 11.5 Å². The highest BCUT2D eigenvalue weighted by molar-refractivity contribution is 4.80. The lowest BCUT2D eigenvalue weighted by Crippen LogP contribution is -2.60. The number of piperidine rings is 1. The number of nitrogens with two attached hydrogens (primary N) is 2. The van der Waals surface area contributed by atoms with Crippen molar-refractivity contribution in [1.82, 2.24) is 5.32 Å². The molecule has 0 aromatic carbocycles. The Bertz CT molecular complexity index is 163. The van der Waals surface area contributed by atoms with Gasteiger partial charge in [0, 0.05) is 11.3 Å². The molecule has 11 heavy (non-hydrogen) atoms. The maximum Gasteiger partial charge on any atom is 0.241 e. The summed E-state index contributed by atoms with van der Waals surface area (Å²) in [4.78, 5) is 9.96. The smallest absolute Gasteiger partial charge is 0.241 e. The van der Waals surface area contributed by atoms with Gasteiger partial charge in [0.25, 0.3) is 0 Å². The predicted molar refractivity (Wildman–Crippen MR) is 39.1 cm³/mol. The Labute approximate surface area is 64.1 Å². The Kier molecular flexibility index (Phi) is 2.38. The van der Waals surface area contributed by atoms with E-state index in [2.05, 4.69) is 5.32 Å². The predicted octanol–water partition coefficient (Wildman–Crippen LogP) is -1.42. The first-order valence-corrected chi connectivity index (χ1v) is 3.52. The van der Waals surface area contributed by atoms with Crippen LogP contribution in [0.2, 0.25) is 0 Å². The van der Waals surface area contributed by atoms with Crippen molar-refractivity contribution < 1.29 is 4.92 Å². The number of hydrogen-bond donors (Lipinski definition) is 3. The highest BCUT2D eigenvalue weighted by Crippen LogP contribution is 2.10. The monoisotopic (exact) mass is 160 g/mol. The van der Waals surface area contributed by atoms with Gasteiger partial charge in [0.15, 0.2) is 0 Å². The molecular formula is C5H12N4O2. The van der Waals surface area contributed by atoms with Crippen molar-refractivity contribution in [2.24, 2.45) is 11.5 Å². The first-order valence-electron chi connectivity index (χ1n) is 3.52. The molecule has 3 atom stereocenters. The minimum Gasteiger partial charge on any atom is -0.316 e. The van der Waals surface area contributed by atoms with E-state index in [1.165, 1.54) is 0 Å². The minimum atomic E-state index is -0.685. The van der Waals surface area contributed by atoms with Gasteiger partial charge in [0.2, 0.25) is 6.04 Å². The second-order valence-electron chi connectivity index (χ2n) is 2.73. The molecule has 1 saturated heterocycles. The Hall–Kier alpha value is -0.720. The molecule has 0 bridgehead atoms. The van der Waals surface area contributed by atoms with E-state index >= 15 is 0 Å². The quantitative estimate of drug-likeness (QED) is 0.322. The van der Waals surface area contributed by atoms with E-state index in [1.807, 2.05) is 0 Å². The summed E-state index contributed by atoms with van der Waals surface area (Å²) in [5, 5.41) is 13.0. The lowest BCUT2D eigenvalue weighted by molar-refractivity contribution is -0.530. The van der Waals surface area contributed by atoms with Crippen molar-refractivity contribution in [1.29, 1.82) is 0 Å². The van der Waals surface area contributed by atoms with Gasteiger partial charge in [-0.15, -0.1) is 0 Å². The zero-order valence-corrected chi connectivity index (χ0v) is 6.06. The van der Waals surface area contributed by atoms with Gasteiger partial charge in [-0.25, -0.2) is 0 Å². The van der Waals surface area contributed by atoms with Crippen molar-refractivity contribution in [3.05, 3.63) is 10.1 Å². The largest absolute Gasteiger partial charge is 0.316 e. The molecule has 6 heteroatoms. The van der Waals surface area contributed by atoms with Gasteiger partial charge in [0.1, 0.15) is 6.17 Å². The highest BCUT2D eigenvalue weighted by atomic mass is 16.6. The summed E-state index contributed by atoms with van der Waals surface area (Å²) >= 11 is 0. The summed E-state index contributed by atoms with van der Waals surface area (Å²) in [6, 6.07) is -0.685. The lowest BCUT2D eigenvalue weighted by Gasteiger charge is -2.27. The molecular weight excluding hydrogens is 148 g/mol. The number of nitrogens with one attached hydrogen (secondary N) is 1. The van der Waals surface area contributed by atoms with Gasteiger partial charge in [-0.3, -0.25) is 15.4 Å². The number of rotatable bonds is 1. The van der Waals surface area contributed by atoms with Crippen LogP contribution in [0.25, 0.3) is 0 Å². The summed E-state index contributed by atoms with van der Waals surface area (Å²) in [5.41, 5.74) is 10.9. The lowest BCUT2D eigenvalue weighted by atomic mass is 10.0. The Morgan fingerprint density at radius 1 is 1.45 bits per heavy atom. The fourth-order valence-electron chi connectivity index (χ4n) is 1.21. The standard InChI is InChI=1S/C5H12N4O2/c6-4-2-1-3(9(10)11)5(7)8-4/h3-5,8H,1-2,6-7H2. The van der Waals surface area contributed by atoms with Crippen LogP contribution in [-0.4, -0.2) is 23.3 Å². The molecule has 6 nitrogen and oxygen atoms in total. The summed E-state index contributed by atoms with van der Waals surface area (Å²) < 4.78 is 0. The zero-order chi connectivity index (χ0) is 8.43. The van der Waals surface area contributed by atoms with Gasteiger partial charge < -0.3 is 11.5 Å². The van der Waals surface area contributed by atoms with Crippen LogP contribution in [0.5, 0.6) is 0 Å². The molecule has 0 aromatic heterocycles. The normalized spacial score (nSPS) is 38.5. The Balaban J connectivity index is 2.50.